The van der Waals surface area contributed by atoms with E-state index in [4.69, 9.17) is 4.74 Å². The van der Waals surface area contributed by atoms with Gasteiger partial charge in [-0.1, -0.05) is 24.3 Å². The fraction of sp³-hybridized carbons (Fsp3) is 0.519. The molecule has 1 atom stereocenters. The Hall–Kier alpha value is -2.57. The Morgan fingerprint density at radius 3 is 2.30 bits per heavy atom. The molecule has 0 radical (unpaired) electrons. The molecule has 3 fully saturated rings. The molecule has 6 nitrogen and oxygen atoms in total. The smallest absolute Gasteiger partial charge is 0.138 e. The van der Waals surface area contributed by atoms with Crippen molar-refractivity contribution < 1.29 is 4.74 Å². The predicted octanol–water partition coefficient (Wildman–Crippen LogP) is 4.37. The van der Waals surface area contributed by atoms with E-state index in [0.29, 0.717) is 5.92 Å². The lowest BCUT2D eigenvalue weighted by atomic mass is 9.97. The summed E-state index contributed by atoms with van der Waals surface area (Å²) < 4.78 is 5.75. The first-order chi connectivity index (χ1) is 16.3. The van der Waals surface area contributed by atoms with Crippen molar-refractivity contribution in [3.05, 3.63) is 60.5 Å². The summed E-state index contributed by atoms with van der Waals surface area (Å²) in [7, 11) is 0. The number of ether oxygens (including phenoxy) is 1. The second kappa shape index (κ2) is 13.2. The molecule has 0 aromatic carbocycles. The number of rotatable bonds is 7. The molecule has 0 unspecified atom stereocenters. The van der Waals surface area contributed by atoms with Crippen molar-refractivity contribution >= 4 is 12.2 Å². The molecule has 33 heavy (non-hydrogen) atoms. The third-order valence-corrected chi connectivity index (χ3v) is 6.34. The number of nitrogens with one attached hydrogen (secondary N) is 2. The van der Waals surface area contributed by atoms with Crippen molar-refractivity contribution in [3.63, 3.8) is 0 Å². The van der Waals surface area contributed by atoms with E-state index in [0.717, 1.165) is 61.5 Å². The van der Waals surface area contributed by atoms with E-state index in [1.165, 1.54) is 38.5 Å². The Bertz CT molecular complexity index is 869. The van der Waals surface area contributed by atoms with Crippen LogP contribution in [0.25, 0.3) is 12.2 Å². The molecule has 2 N–H and O–H groups in total. The summed E-state index contributed by atoms with van der Waals surface area (Å²) in [4.78, 5) is 12.2. The van der Waals surface area contributed by atoms with Crippen LogP contribution < -0.4 is 15.4 Å². The van der Waals surface area contributed by atoms with Crippen LogP contribution >= 0.6 is 0 Å². The second-order valence-electron chi connectivity index (χ2n) is 9.29. The Morgan fingerprint density at radius 1 is 0.788 bits per heavy atom. The van der Waals surface area contributed by atoms with Crippen LogP contribution in [0.5, 0.6) is 5.75 Å². The molecule has 0 amide bonds. The van der Waals surface area contributed by atoms with Crippen LogP contribution in [0.15, 0.2) is 49.3 Å². The van der Waals surface area contributed by atoms with Gasteiger partial charge in [-0.25, -0.2) is 9.97 Å². The van der Waals surface area contributed by atoms with Gasteiger partial charge in [0.05, 0.1) is 12.8 Å². The zero-order chi connectivity index (χ0) is 22.6. The number of allylic oxidation sites excluding steroid dienone is 1. The number of nitrogens with zero attached hydrogens (tertiary/aromatic N) is 3. The highest BCUT2D eigenvalue weighted by atomic mass is 16.5. The first-order valence-corrected chi connectivity index (χ1v) is 12.5. The fourth-order valence-electron chi connectivity index (χ4n) is 4.08. The van der Waals surface area contributed by atoms with Gasteiger partial charge in [-0.15, -0.1) is 0 Å². The highest BCUT2D eigenvalue weighted by Gasteiger charge is 2.21. The van der Waals surface area contributed by atoms with Crippen LogP contribution in [0.4, 0.5) is 0 Å². The minimum Gasteiger partial charge on any atom is -0.492 e. The molecule has 3 aliphatic rings. The molecule has 2 aromatic rings. The van der Waals surface area contributed by atoms with Gasteiger partial charge in [0.1, 0.15) is 12.1 Å². The standard InChI is InChI=1S/C16H22N2O.C11H15N3/c1-2-13(9-17-7-1)3-6-15-8-16(11-18-10-15)19-12-14-4-5-14;1(10-3-5-12-6-4-10)2-11-7-13-9-14-8-11/h3,6,8,10-11,13-14,17H,1-2,4-5,7,9,12H2;1-2,7-10,12H,3-6H2/b6-3+;2-1+/t13-;/m0./s1. The summed E-state index contributed by atoms with van der Waals surface area (Å²) in [6, 6.07) is 2.09. The molecule has 2 saturated heterocycles. The van der Waals surface area contributed by atoms with Crippen LogP contribution in [0.1, 0.15) is 49.7 Å². The summed E-state index contributed by atoms with van der Waals surface area (Å²) in [6.07, 6.45) is 25.5. The van der Waals surface area contributed by atoms with E-state index in [-0.39, 0.29) is 0 Å². The molecule has 4 heterocycles. The Kier molecular flexibility index (Phi) is 9.44. The zero-order valence-electron chi connectivity index (χ0n) is 19.5. The second-order valence-corrected chi connectivity index (χ2v) is 9.29. The Labute approximate surface area is 198 Å². The highest BCUT2D eigenvalue weighted by Crippen LogP contribution is 2.29. The average molecular weight is 448 g/mol. The first kappa shape index (κ1) is 23.6. The molecule has 1 aliphatic carbocycles. The Balaban J connectivity index is 0.000000165. The van der Waals surface area contributed by atoms with E-state index in [2.05, 4.69) is 56.0 Å². The molecule has 2 aromatic heterocycles. The molecule has 5 rings (SSSR count). The zero-order valence-corrected chi connectivity index (χ0v) is 19.5. The van der Waals surface area contributed by atoms with Crippen LogP contribution in [0, 0.1) is 17.8 Å². The predicted molar refractivity (Wildman–Crippen MR) is 134 cm³/mol. The van der Waals surface area contributed by atoms with Gasteiger partial charge in [0.15, 0.2) is 0 Å². The number of pyridine rings is 1. The summed E-state index contributed by atoms with van der Waals surface area (Å²) >= 11 is 0. The topological polar surface area (TPSA) is 72.0 Å². The van der Waals surface area contributed by atoms with Crippen LogP contribution in [-0.4, -0.2) is 47.7 Å². The van der Waals surface area contributed by atoms with Gasteiger partial charge in [0.25, 0.3) is 0 Å². The number of hydrogen-bond donors (Lipinski definition) is 2. The summed E-state index contributed by atoms with van der Waals surface area (Å²) in [6.45, 7) is 5.39. The van der Waals surface area contributed by atoms with Gasteiger partial charge in [0, 0.05) is 30.7 Å². The molecule has 2 aliphatic heterocycles. The lowest BCUT2D eigenvalue weighted by Crippen LogP contribution is -2.28. The maximum Gasteiger partial charge on any atom is 0.138 e. The lowest BCUT2D eigenvalue weighted by molar-refractivity contribution is 0.298. The molecule has 176 valence electrons. The molecular formula is C27H37N5O. The fourth-order valence-corrected chi connectivity index (χ4v) is 4.08. The number of piperidine rings is 2. The molecule has 0 spiro atoms. The average Bonchev–Trinajstić information content (AvgIpc) is 3.72. The van der Waals surface area contributed by atoms with E-state index in [1.54, 1.807) is 6.33 Å². The Morgan fingerprint density at radius 2 is 1.55 bits per heavy atom. The van der Waals surface area contributed by atoms with Gasteiger partial charge < -0.3 is 15.4 Å². The maximum absolute atomic E-state index is 5.75. The van der Waals surface area contributed by atoms with Crippen molar-refractivity contribution in [1.29, 1.82) is 0 Å². The van der Waals surface area contributed by atoms with Crippen molar-refractivity contribution in [3.8, 4) is 5.75 Å². The molecule has 0 bridgehead atoms. The maximum atomic E-state index is 5.75. The minimum absolute atomic E-state index is 0.657. The van der Waals surface area contributed by atoms with E-state index in [9.17, 15) is 0 Å². The lowest BCUT2D eigenvalue weighted by Gasteiger charge is -2.19. The quantitative estimate of drug-likeness (QED) is 0.657. The van der Waals surface area contributed by atoms with E-state index in [1.807, 2.05) is 24.8 Å². The van der Waals surface area contributed by atoms with E-state index >= 15 is 0 Å². The van der Waals surface area contributed by atoms with Gasteiger partial charge in [-0.3, -0.25) is 4.98 Å². The van der Waals surface area contributed by atoms with Crippen LogP contribution in [0.3, 0.4) is 0 Å². The summed E-state index contributed by atoms with van der Waals surface area (Å²) in [5.41, 5.74) is 2.23. The van der Waals surface area contributed by atoms with Crippen molar-refractivity contribution in [1.82, 2.24) is 25.6 Å². The summed E-state index contributed by atoms with van der Waals surface area (Å²) in [5.74, 6) is 3.06. The van der Waals surface area contributed by atoms with Gasteiger partial charge in [-0.2, -0.15) is 0 Å². The normalized spacial score (nSPS) is 21.6. The third kappa shape index (κ3) is 9.06. The van der Waals surface area contributed by atoms with Gasteiger partial charge in [0.2, 0.25) is 0 Å². The SMILES string of the molecule is C(=C\C1CCNCC1)/c1cncnc1.C(=C\[C@@H]1CCCNC1)/c1cncc(OCC2CC2)c1. The van der Waals surface area contributed by atoms with Crippen molar-refractivity contribution in [2.24, 2.45) is 17.8 Å². The molecule has 6 heteroatoms. The number of aromatic nitrogens is 3. The first-order valence-electron chi connectivity index (χ1n) is 12.5. The highest BCUT2D eigenvalue weighted by molar-refractivity contribution is 5.50. The van der Waals surface area contributed by atoms with Crippen molar-refractivity contribution in [2.45, 2.75) is 38.5 Å². The molecular weight excluding hydrogens is 410 g/mol. The summed E-state index contributed by atoms with van der Waals surface area (Å²) in [5, 5.41) is 6.78. The van der Waals surface area contributed by atoms with E-state index < -0.39 is 0 Å². The minimum atomic E-state index is 0.657. The monoisotopic (exact) mass is 447 g/mol. The van der Waals surface area contributed by atoms with Crippen molar-refractivity contribution in [2.75, 3.05) is 32.8 Å². The molecule has 1 saturated carbocycles. The van der Waals surface area contributed by atoms with Crippen LogP contribution in [-0.2, 0) is 0 Å². The van der Waals surface area contributed by atoms with Crippen LogP contribution in [0.2, 0.25) is 0 Å². The van der Waals surface area contributed by atoms with Gasteiger partial charge in [-0.05, 0) is 87.5 Å². The largest absolute Gasteiger partial charge is 0.492 e. The third-order valence-electron chi connectivity index (χ3n) is 6.34. The number of hydrogen-bond acceptors (Lipinski definition) is 6. The van der Waals surface area contributed by atoms with Gasteiger partial charge >= 0.3 is 0 Å².